The van der Waals surface area contributed by atoms with Crippen LogP contribution in [-0.2, 0) is 16.0 Å². The Hall–Kier alpha value is -2.22. The zero-order chi connectivity index (χ0) is 18.0. The number of aromatic nitrogens is 2. The molecule has 0 aromatic carbocycles. The fourth-order valence-corrected chi connectivity index (χ4v) is 4.08. The maximum Gasteiger partial charge on any atom is 0.241 e. The fraction of sp³-hybridized carbons (Fsp3) is 0.529. The Morgan fingerprint density at radius 3 is 2.72 bits per heavy atom. The van der Waals surface area contributed by atoms with E-state index < -0.39 is 0 Å². The molecule has 134 valence electrons. The Bertz CT molecular complexity index is 796. The number of primary amides is 1. The van der Waals surface area contributed by atoms with Gasteiger partial charge in [0.05, 0.1) is 11.9 Å². The molecule has 25 heavy (non-hydrogen) atoms. The minimum Gasteiger partial charge on any atom is -0.369 e. The Kier molecular flexibility index (Phi) is 5.17. The van der Waals surface area contributed by atoms with Gasteiger partial charge in [-0.1, -0.05) is 6.92 Å². The summed E-state index contributed by atoms with van der Waals surface area (Å²) in [5.74, 6) is 1.03. The molecule has 8 heteroatoms. The van der Waals surface area contributed by atoms with Gasteiger partial charge in [0.15, 0.2) is 0 Å². The lowest BCUT2D eigenvalue weighted by atomic mass is 9.96. The van der Waals surface area contributed by atoms with Crippen LogP contribution in [-0.4, -0.2) is 46.3 Å². The number of nitrogens with zero attached hydrogens (tertiary/aromatic N) is 3. The van der Waals surface area contributed by atoms with E-state index in [-0.39, 0.29) is 24.3 Å². The molecular weight excluding hydrogens is 338 g/mol. The average Bonchev–Trinajstić information content (AvgIpc) is 3.02. The van der Waals surface area contributed by atoms with E-state index >= 15 is 0 Å². The number of hydrogen-bond donors (Lipinski definition) is 2. The van der Waals surface area contributed by atoms with Crippen molar-refractivity contribution in [1.82, 2.24) is 14.9 Å². The lowest BCUT2D eigenvalue weighted by molar-refractivity contribution is -0.133. The maximum atomic E-state index is 12.4. The first kappa shape index (κ1) is 17.6. The molecule has 2 aromatic rings. The number of fused-ring (bicyclic) bond motifs is 1. The minimum atomic E-state index is -0.270. The molecule has 0 spiro atoms. The van der Waals surface area contributed by atoms with Crippen molar-refractivity contribution in [3.05, 3.63) is 16.8 Å². The van der Waals surface area contributed by atoms with Crippen molar-refractivity contribution >= 4 is 39.2 Å². The van der Waals surface area contributed by atoms with Crippen LogP contribution in [0.3, 0.4) is 0 Å². The number of nitrogens with one attached hydrogen (secondary N) is 1. The first-order chi connectivity index (χ1) is 12.0. The van der Waals surface area contributed by atoms with E-state index in [1.165, 1.54) is 4.88 Å². The Morgan fingerprint density at radius 1 is 1.36 bits per heavy atom. The Labute approximate surface area is 150 Å². The number of thiophene rings is 1. The van der Waals surface area contributed by atoms with Gasteiger partial charge in [0, 0.05) is 23.9 Å². The van der Waals surface area contributed by atoms with Crippen molar-refractivity contribution in [3.8, 4) is 0 Å². The van der Waals surface area contributed by atoms with Crippen molar-refractivity contribution in [2.45, 2.75) is 33.1 Å². The van der Waals surface area contributed by atoms with E-state index in [2.05, 4.69) is 28.3 Å². The SMILES string of the molecule is CCc1cc2c(NCC(=O)N3CCC(C(N)=O)CC3)nc(C)nc2s1. The molecule has 7 nitrogen and oxygen atoms in total. The zero-order valence-electron chi connectivity index (χ0n) is 14.5. The average molecular weight is 361 g/mol. The van der Waals surface area contributed by atoms with Crippen LogP contribution in [0.25, 0.3) is 10.2 Å². The maximum absolute atomic E-state index is 12.4. The summed E-state index contributed by atoms with van der Waals surface area (Å²) in [5.41, 5.74) is 5.34. The molecule has 0 saturated carbocycles. The molecule has 1 aliphatic rings. The highest BCUT2D eigenvalue weighted by Crippen LogP contribution is 2.29. The number of carbonyl (C=O) groups is 2. The molecule has 3 N–H and O–H groups in total. The van der Waals surface area contributed by atoms with E-state index in [0.717, 1.165) is 16.6 Å². The van der Waals surface area contributed by atoms with Crippen molar-refractivity contribution in [2.75, 3.05) is 25.0 Å². The van der Waals surface area contributed by atoms with Crippen LogP contribution in [0.4, 0.5) is 5.82 Å². The number of aryl methyl sites for hydroxylation is 2. The largest absolute Gasteiger partial charge is 0.369 e. The summed E-state index contributed by atoms with van der Waals surface area (Å²) in [6, 6.07) is 2.09. The number of rotatable bonds is 5. The van der Waals surface area contributed by atoms with Gasteiger partial charge >= 0.3 is 0 Å². The smallest absolute Gasteiger partial charge is 0.241 e. The molecule has 0 bridgehead atoms. The van der Waals surface area contributed by atoms with Crippen molar-refractivity contribution in [1.29, 1.82) is 0 Å². The Balaban J connectivity index is 1.65. The third kappa shape index (κ3) is 3.89. The lowest BCUT2D eigenvalue weighted by Gasteiger charge is -2.30. The standard InChI is InChI=1S/C17H23N5O2S/c1-3-12-8-13-16(20-10(2)21-17(13)25-12)19-9-14(23)22-6-4-11(5-7-22)15(18)24/h8,11H,3-7,9H2,1-2H3,(H2,18,24)(H,19,20,21). The highest BCUT2D eigenvalue weighted by atomic mass is 32.1. The molecular formula is C17H23N5O2S. The van der Waals surface area contributed by atoms with E-state index in [9.17, 15) is 9.59 Å². The molecule has 1 fully saturated rings. The second kappa shape index (κ2) is 7.35. The molecule has 1 aliphatic heterocycles. The summed E-state index contributed by atoms with van der Waals surface area (Å²) in [5, 5.41) is 4.14. The first-order valence-electron chi connectivity index (χ1n) is 8.56. The van der Waals surface area contributed by atoms with Gasteiger partial charge < -0.3 is 16.0 Å². The number of likely N-dealkylation sites (tertiary alicyclic amines) is 1. The second-order valence-electron chi connectivity index (χ2n) is 6.32. The van der Waals surface area contributed by atoms with E-state index in [1.54, 1.807) is 16.2 Å². The fourth-order valence-electron chi connectivity index (χ4n) is 3.07. The molecule has 0 atom stereocenters. The van der Waals surface area contributed by atoms with Crippen LogP contribution < -0.4 is 11.1 Å². The molecule has 2 aromatic heterocycles. The van der Waals surface area contributed by atoms with Gasteiger partial charge in [-0.3, -0.25) is 9.59 Å². The van der Waals surface area contributed by atoms with E-state index in [4.69, 9.17) is 5.73 Å². The van der Waals surface area contributed by atoms with Crippen molar-refractivity contribution < 1.29 is 9.59 Å². The predicted octanol–water partition coefficient (Wildman–Crippen LogP) is 1.70. The molecule has 3 rings (SSSR count). The van der Waals surface area contributed by atoms with Crippen LogP contribution >= 0.6 is 11.3 Å². The van der Waals surface area contributed by atoms with Gasteiger partial charge in [-0.25, -0.2) is 9.97 Å². The van der Waals surface area contributed by atoms with E-state index in [1.807, 2.05) is 6.92 Å². The van der Waals surface area contributed by atoms with E-state index in [0.29, 0.717) is 37.6 Å². The number of anilines is 1. The summed E-state index contributed by atoms with van der Waals surface area (Å²) in [6.07, 6.45) is 2.23. The number of hydrogen-bond acceptors (Lipinski definition) is 6. The van der Waals surface area contributed by atoms with Crippen molar-refractivity contribution in [3.63, 3.8) is 0 Å². The van der Waals surface area contributed by atoms with Crippen LogP contribution in [0.15, 0.2) is 6.07 Å². The number of nitrogens with two attached hydrogens (primary N) is 1. The molecule has 0 unspecified atom stereocenters. The number of piperidine rings is 1. The summed E-state index contributed by atoms with van der Waals surface area (Å²) in [6.45, 7) is 5.29. The van der Waals surface area contributed by atoms with Crippen LogP contribution in [0, 0.1) is 12.8 Å². The highest BCUT2D eigenvalue weighted by molar-refractivity contribution is 7.18. The molecule has 1 saturated heterocycles. The normalized spacial score (nSPS) is 15.5. The third-order valence-electron chi connectivity index (χ3n) is 4.56. The summed E-state index contributed by atoms with van der Waals surface area (Å²) < 4.78 is 0. The van der Waals surface area contributed by atoms with Gasteiger partial charge in [0.2, 0.25) is 11.8 Å². The minimum absolute atomic E-state index is 0.0123. The quantitative estimate of drug-likeness (QED) is 0.844. The van der Waals surface area contributed by atoms with Crippen LogP contribution in [0.5, 0.6) is 0 Å². The summed E-state index contributed by atoms with van der Waals surface area (Å²) >= 11 is 1.66. The first-order valence-corrected chi connectivity index (χ1v) is 9.37. The zero-order valence-corrected chi connectivity index (χ0v) is 15.4. The van der Waals surface area contributed by atoms with Crippen molar-refractivity contribution in [2.24, 2.45) is 11.7 Å². The monoisotopic (exact) mass is 361 g/mol. The summed E-state index contributed by atoms with van der Waals surface area (Å²) in [4.78, 5) is 36.6. The lowest BCUT2D eigenvalue weighted by Crippen LogP contribution is -2.43. The second-order valence-corrected chi connectivity index (χ2v) is 7.43. The van der Waals surface area contributed by atoms with Gasteiger partial charge in [-0.05, 0) is 32.3 Å². The molecule has 2 amide bonds. The highest BCUT2D eigenvalue weighted by Gasteiger charge is 2.25. The summed E-state index contributed by atoms with van der Waals surface area (Å²) in [7, 11) is 0. The topological polar surface area (TPSA) is 101 Å². The number of amides is 2. The van der Waals surface area contributed by atoms with Crippen LogP contribution in [0.2, 0.25) is 0 Å². The number of carbonyl (C=O) groups excluding carboxylic acids is 2. The Morgan fingerprint density at radius 2 is 2.08 bits per heavy atom. The van der Waals surface area contributed by atoms with Crippen LogP contribution in [0.1, 0.15) is 30.5 Å². The third-order valence-corrected chi connectivity index (χ3v) is 5.73. The molecule has 0 aliphatic carbocycles. The molecule has 3 heterocycles. The van der Waals surface area contributed by atoms with Gasteiger partial charge in [0.1, 0.15) is 16.5 Å². The van der Waals surface area contributed by atoms with Gasteiger partial charge in [0.25, 0.3) is 0 Å². The van der Waals surface area contributed by atoms with Gasteiger partial charge in [-0.2, -0.15) is 0 Å². The van der Waals surface area contributed by atoms with Gasteiger partial charge in [-0.15, -0.1) is 11.3 Å². The molecule has 0 radical (unpaired) electrons. The predicted molar refractivity (Wildman–Crippen MR) is 98.5 cm³/mol.